The van der Waals surface area contributed by atoms with E-state index in [1.165, 1.54) is 0 Å². The predicted octanol–water partition coefficient (Wildman–Crippen LogP) is 0.813. The SMILES string of the molecule is CC(NC(=O)CC(C)(C)C)c1nn[nH]n1. The number of rotatable bonds is 3. The molecule has 0 aliphatic rings. The van der Waals surface area contributed by atoms with Gasteiger partial charge < -0.3 is 5.32 Å². The van der Waals surface area contributed by atoms with E-state index in [0.717, 1.165) is 0 Å². The van der Waals surface area contributed by atoms with Gasteiger partial charge in [0.1, 0.15) is 0 Å². The molecule has 84 valence electrons. The second kappa shape index (κ2) is 4.37. The Morgan fingerprint density at radius 1 is 1.53 bits per heavy atom. The molecule has 2 N–H and O–H groups in total. The quantitative estimate of drug-likeness (QED) is 0.775. The van der Waals surface area contributed by atoms with Gasteiger partial charge in [0.25, 0.3) is 0 Å². The van der Waals surface area contributed by atoms with Gasteiger partial charge in [-0.1, -0.05) is 26.0 Å². The Hall–Kier alpha value is -1.46. The lowest BCUT2D eigenvalue weighted by molar-refractivity contribution is -0.123. The first-order chi connectivity index (χ1) is 6.88. The summed E-state index contributed by atoms with van der Waals surface area (Å²) in [6.45, 7) is 7.88. The minimum atomic E-state index is -0.210. The first-order valence-corrected chi connectivity index (χ1v) is 4.91. The third-order valence-corrected chi connectivity index (χ3v) is 1.82. The molecule has 15 heavy (non-hydrogen) atoms. The molecule has 1 heterocycles. The summed E-state index contributed by atoms with van der Waals surface area (Å²) in [5.41, 5.74) is -0.0128. The van der Waals surface area contributed by atoms with Crippen LogP contribution in [-0.2, 0) is 4.79 Å². The van der Waals surface area contributed by atoms with Crippen LogP contribution < -0.4 is 5.32 Å². The summed E-state index contributed by atoms with van der Waals surface area (Å²) >= 11 is 0. The van der Waals surface area contributed by atoms with E-state index in [-0.39, 0.29) is 17.4 Å². The molecule has 0 aliphatic carbocycles. The maximum Gasteiger partial charge on any atom is 0.221 e. The average molecular weight is 211 g/mol. The molecule has 1 aromatic rings. The van der Waals surface area contributed by atoms with E-state index >= 15 is 0 Å². The summed E-state index contributed by atoms with van der Waals surface area (Å²) in [4.78, 5) is 11.6. The first-order valence-electron chi connectivity index (χ1n) is 4.91. The largest absolute Gasteiger partial charge is 0.346 e. The lowest BCUT2D eigenvalue weighted by Gasteiger charge is -2.18. The summed E-state index contributed by atoms with van der Waals surface area (Å²) in [5.74, 6) is 0.497. The molecular weight excluding hydrogens is 194 g/mol. The second-order valence-electron chi connectivity index (χ2n) is 4.80. The van der Waals surface area contributed by atoms with Gasteiger partial charge in [0.15, 0.2) is 5.82 Å². The number of carbonyl (C=O) groups is 1. The van der Waals surface area contributed by atoms with Crippen LogP contribution in [0, 0.1) is 5.41 Å². The van der Waals surface area contributed by atoms with Crippen molar-refractivity contribution >= 4 is 5.91 Å². The number of nitrogens with one attached hydrogen (secondary N) is 2. The number of tetrazole rings is 1. The van der Waals surface area contributed by atoms with E-state index in [1.807, 2.05) is 27.7 Å². The Labute approximate surface area is 88.8 Å². The lowest BCUT2D eigenvalue weighted by atomic mass is 9.92. The number of hydrogen-bond donors (Lipinski definition) is 2. The predicted molar refractivity (Wildman–Crippen MR) is 54.8 cm³/mol. The molecule has 1 unspecified atom stereocenters. The summed E-state index contributed by atoms with van der Waals surface area (Å²) in [6.07, 6.45) is 0.481. The molecule has 6 heteroatoms. The molecule has 0 spiro atoms. The molecule has 1 aromatic heterocycles. The van der Waals surface area contributed by atoms with Gasteiger partial charge in [0.05, 0.1) is 6.04 Å². The minimum Gasteiger partial charge on any atom is -0.346 e. The molecule has 1 amide bonds. The van der Waals surface area contributed by atoms with Crippen molar-refractivity contribution in [2.45, 2.75) is 40.2 Å². The number of hydrogen-bond acceptors (Lipinski definition) is 4. The molecule has 0 fully saturated rings. The molecule has 0 bridgehead atoms. The van der Waals surface area contributed by atoms with E-state index in [1.54, 1.807) is 0 Å². The van der Waals surface area contributed by atoms with E-state index in [9.17, 15) is 4.79 Å². The van der Waals surface area contributed by atoms with Crippen molar-refractivity contribution in [2.24, 2.45) is 5.41 Å². The van der Waals surface area contributed by atoms with E-state index in [2.05, 4.69) is 25.9 Å². The van der Waals surface area contributed by atoms with Crippen LogP contribution in [0.15, 0.2) is 0 Å². The van der Waals surface area contributed by atoms with Crippen molar-refractivity contribution in [2.75, 3.05) is 0 Å². The fourth-order valence-corrected chi connectivity index (χ4v) is 1.19. The number of amides is 1. The minimum absolute atomic E-state index is 0.000185. The van der Waals surface area contributed by atoms with E-state index in [4.69, 9.17) is 0 Å². The summed E-state index contributed by atoms with van der Waals surface area (Å²) in [5, 5.41) is 16.2. The zero-order chi connectivity index (χ0) is 11.5. The molecule has 0 saturated carbocycles. The van der Waals surface area contributed by atoms with Gasteiger partial charge in [-0.25, -0.2) is 0 Å². The highest BCUT2D eigenvalue weighted by atomic mass is 16.1. The van der Waals surface area contributed by atoms with Gasteiger partial charge in [-0.3, -0.25) is 4.79 Å². The van der Waals surface area contributed by atoms with E-state index in [0.29, 0.717) is 12.2 Å². The Bertz CT molecular complexity index is 314. The molecule has 6 nitrogen and oxygen atoms in total. The molecule has 1 atom stereocenters. The van der Waals surface area contributed by atoms with Crippen LogP contribution >= 0.6 is 0 Å². The normalized spacial score (nSPS) is 13.6. The average Bonchev–Trinajstić information content (AvgIpc) is 2.50. The summed E-state index contributed by atoms with van der Waals surface area (Å²) < 4.78 is 0. The van der Waals surface area contributed by atoms with Crippen LogP contribution in [0.25, 0.3) is 0 Å². The van der Waals surface area contributed by atoms with Gasteiger partial charge in [-0.05, 0) is 12.3 Å². The highest BCUT2D eigenvalue weighted by Crippen LogP contribution is 2.18. The Morgan fingerprint density at radius 2 is 2.20 bits per heavy atom. The Balaban J connectivity index is 2.45. The molecule has 0 aromatic carbocycles. The number of nitrogens with zero attached hydrogens (tertiary/aromatic N) is 3. The monoisotopic (exact) mass is 211 g/mol. The fraction of sp³-hybridized carbons (Fsp3) is 0.778. The van der Waals surface area contributed by atoms with Crippen molar-refractivity contribution in [1.29, 1.82) is 0 Å². The summed E-state index contributed by atoms with van der Waals surface area (Å²) in [6, 6.07) is -0.210. The van der Waals surface area contributed by atoms with Crippen molar-refractivity contribution in [3.8, 4) is 0 Å². The molecule has 0 saturated heterocycles. The lowest BCUT2D eigenvalue weighted by Crippen LogP contribution is -2.30. The second-order valence-corrected chi connectivity index (χ2v) is 4.80. The van der Waals surface area contributed by atoms with Crippen LogP contribution in [0.2, 0.25) is 0 Å². The van der Waals surface area contributed by atoms with Crippen molar-refractivity contribution in [3.05, 3.63) is 5.82 Å². The van der Waals surface area contributed by atoms with Crippen LogP contribution in [0.5, 0.6) is 0 Å². The Kier molecular flexibility index (Phi) is 3.39. The maximum absolute atomic E-state index is 11.6. The van der Waals surface area contributed by atoms with Crippen LogP contribution in [0.1, 0.15) is 46.0 Å². The highest BCUT2D eigenvalue weighted by Gasteiger charge is 2.19. The number of H-pyrrole nitrogens is 1. The van der Waals surface area contributed by atoms with Crippen molar-refractivity contribution < 1.29 is 4.79 Å². The molecular formula is C9H17N5O. The highest BCUT2D eigenvalue weighted by molar-refractivity contribution is 5.76. The first kappa shape index (κ1) is 11.6. The number of aromatic nitrogens is 4. The Morgan fingerprint density at radius 3 is 2.67 bits per heavy atom. The standard InChI is InChI=1S/C9H17N5O/c1-6(8-11-13-14-12-8)10-7(15)5-9(2,3)4/h6H,5H2,1-4H3,(H,10,15)(H,11,12,13,14). The molecule has 0 aliphatic heterocycles. The number of carbonyl (C=O) groups excluding carboxylic acids is 1. The molecule has 0 radical (unpaired) electrons. The number of aromatic amines is 1. The van der Waals surface area contributed by atoms with Gasteiger partial charge in [-0.2, -0.15) is 5.21 Å². The van der Waals surface area contributed by atoms with Gasteiger partial charge in [0.2, 0.25) is 5.91 Å². The smallest absolute Gasteiger partial charge is 0.221 e. The third kappa shape index (κ3) is 4.05. The van der Waals surface area contributed by atoms with E-state index < -0.39 is 0 Å². The van der Waals surface area contributed by atoms with Gasteiger partial charge >= 0.3 is 0 Å². The van der Waals surface area contributed by atoms with Crippen LogP contribution in [-0.4, -0.2) is 26.5 Å². The fourth-order valence-electron chi connectivity index (χ4n) is 1.19. The van der Waals surface area contributed by atoms with Crippen LogP contribution in [0.3, 0.4) is 0 Å². The van der Waals surface area contributed by atoms with Gasteiger partial charge in [-0.15, -0.1) is 10.2 Å². The topological polar surface area (TPSA) is 83.6 Å². The van der Waals surface area contributed by atoms with Gasteiger partial charge in [0, 0.05) is 6.42 Å². The maximum atomic E-state index is 11.6. The third-order valence-electron chi connectivity index (χ3n) is 1.82. The summed E-state index contributed by atoms with van der Waals surface area (Å²) in [7, 11) is 0. The van der Waals surface area contributed by atoms with Crippen LogP contribution in [0.4, 0.5) is 0 Å². The zero-order valence-electron chi connectivity index (χ0n) is 9.53. The zero-order valence-corrected chi connectivity index (χ0v) is 9.53. The van der Waals surface area contributed by atoms with Crippen molar-refractivity contribution in [3.63, 3.8) is 0 Å². The molecule has 1 rings (SSSR count). The van der Waals surface area contributed by atoms with Crippen molar-refractivity contribution in [1.82, 2.24) is 25.9 Å².